The molecule has 1 fully saturated rings. The molecule has 0 amide bonds. The fourth-order valence-corrected chi connectivity index (χ4v) is 2.63. The highest BCUT2D eigenvalue weighted by Gasteiger charge is 2.27. The van der Waals surface area contributed by atoms with E-state index >= 15 is 0 Å². The highest BCUT2D eigenvalue weighted by Crippen LogP contribution is 2.24. The van der Waals surface area contributed by atoms with Crippen LogP contribution >= 0.6 is 0 Å². The van der Waals surface area contributed by atoms with Crippen LogP contribution in [-0.4, -0.2) is 30.1 Å². The Morgan fingerprint density at radius 3 is 1.93 bits per heavy atom. The second-order valence-electron chi connectivity index (χ2n) is 5.97. The Balaban J connectivity index is 2.47. The summed E-state index contributed by atoms with van der Waals surface area (Å²) in [6.45, 7) is 11.7. The standard InChI is InChI=1S/C13H28N2/c1-10(2)8-15(9-11(3)4)13-6-5-12(14)7-13/h10-13H,5-9,14H2,1-4H3. The quantitative estimate of drug-likeness (QED) is 0.758. The lowest BCUT2D eigenvalue weighted by Crippen LogP contribution is -2.39. The Kier molecular flexibility index (Phi) is 5.07. The van der Waals surface area contributed by atoms with Crippen molar-refractivity contribution in [2.75, 3.05) is 13.1 Å². The molecule has 0 aromatic carbocycles. The van der Waals surface area contributed by atoms with Gasteiger partial charge in [-0.25, -0.2) is 0 Å². The van der Waals surface area contributed by atoms with Crippen LogP contribution in [0.2, 0.25) is 0 Å². The molecule has 2 unspecified atom stereocenters. The molecule has 0 aliphatic heterocycles. The highest BCUT2D eigenvalue weighted by atomic mass is 15.2. The molecule has 1 aliphatic rings. The summed E-state index contributed by atoms with van der Waals surface area (Å²) < 4.78 is 0. The summed E-state index contributed by atoms with van der Waals surface area (Å²) in [7, 11) is 0. The fraction of sp³-hybridized carbons (Fsp3) is 1.00. The van der Waals surface area contributed by atoms with Crippen molar-refractivity contribution < 1.29 is 0 Å². The number of nitrogens with two attached hydrogens (primary N) is 1. The zero-order valence-electron chi connectivity index (χ0n) is 10.9. The minimum absolute atomic E-state index is 0.455. The van der Waals surface area contributed by atoms with Crippen molar-refractivity contribution in [2.45, 2.75) is 59.0 Å². The van der Waals surface area contributed by atoms with Crippen LogP contribution < -0.4 is 5.73 Å². The Hall–Kier alpha value is -0.0800. The maximum atomic E-state index is 6.00. The minimum atomic E-state index is 0.455. The van der Waals surface area contributed by atoms with Gasteiger partial charge in [0, 0.05) is 25.2 Å². The van der Waals surface area contributed by atoms with Crippen LogP contribution in [-0.2, 0) is 0 Å². The molecule has 0 aromatic rings. The third-order valence-corrected chi connectivity index (χ3v) is 3.16. The Morgan fingerprint density at radius 2 is 1.60 bits per heavy atom. The highest BCUT2D eigenvalue weighted by molar-refractivity contribution is 4.85. The van der Waals surface area contributed by atoms with Crippen molar-refractivity contribution in [1.82, 2.24) is 4.90 Å². The molecule has 0 spiro atoms. The zero-order chi connectivity index (χ0) is 11.4. The summed E-state index contributed by atoms with van der Waals surface area (Å²) in [6.07, 6.45) is 3.73. The van der Waals surface area contributed by atoms with Gasteiger partial charge >= 0.3 is 0 Å². The molecule has 0 bridgehead atoms. The Bertz CT molecular complexity index is 167. The van der Waals surface area contributed by atoms with Gasteiger partial charge in [0.2, 0.25) is 0 Å². The third kappa shape index (κ3) is 4.52. The summed E-state index contributed by atoms with van der Waals surface area (Å²) >= 11 is 0. The van der Waals surface area contributed by atoms with E-state index < -0.39 is 0 Å². The van der Waals surface area contributed by atoms with Crippen LogP contribution in [0.5, 0.6) is 0 Å². The van der Waals surface area contributed by atoms with Gasteiger partial charge in [0.15, 0.2) is 0 Å². The lowest BCUT2D eigenvalue weighted by molar-refractivity contribution is 0.157. The molecule has 0 saturated heterocycles. The van der Waals surface area contributed by atoms with Crippen LogP contribution in [0.3, 0.4) is 0 Å². The van der Waals surface area contributed by atoms with E-state index in [0.717, 1.165) is 17.9 Å². The first-order valence-corrected chi connectivity index (χ1v) is 6.48. The summed E-state index contributed by atoms with van der Waals surface area (Å²) in [5.41, 5.74) is 6.00. The average molecular weight is 212 g/mol. The molecule has 1 rings (SSSR count). The van der Waals surface area contributed by atoms with Gasteiger partial charge < -0.3 is 5.73 Å². The first kappa shape index (κ1) is 13.0. The molecule has 1 aliphatic carbocycles. The number of nitrogens with zero attached hydrogens (tertiary/aromatic N) is 1. The van der Waals surface area contributed by atoms with Crippen molar-refractivity contribution in [2.24, 2.45) is 17.6 Å². The summed E-state index contributed by atoms with van der Waals surface area (Å²) in [4.78, 5) is 2.67. The van der Waals surface area contributed by atoms with Crippen LogP contribution in [0.25, 0.3) is 0 Å². The first-order chi connectivity index (χ1) is 6.99. The molecule has 90 valence electrons. The van der Waals surface area contributed by atoms with Gasteiger partial charge in [-0.2, -0.15) is 0 Å². The summed E-state index contributed by atoms with van der Waals surface area (Å²) in [5.74, 6) is 1.53. The molecule has 2 heteroatoms. The molecule has 2 atom stereocenters. The number of hydrogen-bond donors (Lipinski definition) is 1. The minimum Gasteiger partial charge on any atom is -0.328 e. The van der Waals surface area contributed by atoms with Gasteiger partial charge in [-0.3, -0.25) is 4.90 Å². The second-order valence-corrected chi connectivity index (χ2v) is 5.97. The van der Waals surface area contributed by atoms with E-state index in [9.17, 15) is 0 Å². The van der Waals surface area contributed by atoms with Gasteiger partial charge in [0.25, 0.3) is 0 Å². The number of hydrogen-bond acceptors (Lipinski definition) is 2. The smallest absolute Gasteiger partial charge is 0.0111 e. The van der Waals surface area contributed by atoms with Crippen LogP contribution in [0.1, 0.15) is 47.0 Å². The molecule has 15 heavy (non-hydrogen) atoms. The molecule has 2 nitrogen and oxygen atoms in total. The van der Waals surface area contributed by atoms with Crippen LogP contribution in [0, 0.1) is 11.8 Å². The van der Waals surface area contributed by atoms with Gasteiger partial charge in [-0.05, 0) is 31.1 Å². The van der Waals surface area contributed by atoms with Gasteiger partial charge in [0.1, 0.15) is 0 Å². The van der Waals surface area contributed by atoms with E-state index in [1.165, 1.54) is 32.4 Å². The van der Waals surface area contributed by atoms with Gasteiger partial charge in [0.05, 0.1) is 0 Å². The molecule has 2 N–H and O–H groups in total. The number of rotatable bonds is 5. The monoisotopic (exact) mass is 212 g/mol. The van der Waals surface area contributed by atoms with Crippen LogP contribution in [0.4, 0.5) is 0 Å². The zero-order valence-corrected chi connectivity index (χ0v) is 10.9. The molecular weight excluding hydrogens is 184 g/mol. The summed E-state index contributed by atoms with van der Waals surface area (Å²) in [6, 6.07) is 1.21. The van der Waals surface area contributed by atoms with Crippen molar-refractivity contribution in [3.05, 3.63) is 0 Å². The topological polar surface area (TPSA) is 29.3 Å². The normalized spacial score (nSPS) is 27.2. The lowest BCUT2D eigenvalue weighted by atomic mass is 10.1. The molecule has 1 saturated carbocycles. The summed E-state index contributed by atoms with van der Waals surface area (Å²) in [5, 5.41) is 0. The third-order valence-electron chi connectivity index (χ3n) is 3.16. The van der Waals surface area contributed by atoms with Crippen LogP contribution in [0.15, 0.2) is 0 Å². The molecular formula is C13H28N2. The maximum absolute atomic E-state index is 6.00. The molecule has 0 radical (unpaired) electrons. The Labute approximate surface area is 95.2 Å². The van der Waals surface area contributed by atoms with E-state index in [1.807, 2.05) is 0 Å². The molecule has 0 heterocycles. The van der Waals surface area contributed by atoms with Gasteiger partial charge in [-0.1, -0.05) is 27.7 Å². The van der Waals surface area contributed by atoms with E-state index in [4.69, 9.17) is 5.73 Å². The van der Waals surface area contributed by atoms with E-state index in [1.54, 1.807) is 0 Å². The second kappa shape index (κ2) is 5.86. The first-order valence-electron chi connectivity index (χ1n) is 6.48. The largest absolute Gasteiger partial charge is 0.328 e. The predicted octanol–water partition coefficient (Wildman–Crippen LogP) is 2.48. The maximum Gasteiger partial charge on any atom is 0.0111 e. The van der Waals surface area contributed by atoms with E-state index in [-0.39, 0.29) is 0 Å². The van der Waals surface area contributed by atoms with E-state index in [2.05, 4.69) is 32.6 Å². The van der Waals surface area contributed by atoms with E-state index in [0.29, 0.717) is 6.04 Å². The van der Waals surface area contributed by atoms with Gasteiger partial charge in [-0.15, -0.1) is 0 Å². The lowest BCUT2D eigenvalue weighted by Gasteiger charge is -2.32. The SMILES string of the molecule is CC(C)CN(CC(C)C)C1CCC(N)C1. The molecule has 0 aromatic heterocycles. The Morgan fingerprint density at radius 1 is 1.07 bits per heavy atom. The fourth-order valence-electron chi connectivity index (χ4n) is 2.63. The van der Waals surface area contributed by atoms with Crippen molar-refractivity contribution in [3.8, 4) is 0 Å². The van der Waals surface area contributed by atoms with Crippen molar-refractivity contribution >= 4 is 0 Å². The predicted molar refractivity (Wildman–Crippen MR) is 66.9 cm³/mol. The van der Waals surface area contributed by atoms with Crippen molar-refractivity contribution in [3.63, 3.8) is 0 Å². The average Bonchev–Trinajstić information content (AvgIpc) is 2.48. The van der Waals surface area contributed by atoms with Crippen molar-refractivity contribution in [1.29, 1.82) is 0 Å².